The molecule has 0 spiro atoms. The van der Waals surface area contributed by atoms with Gasteiger partial charge in [-0.05, 0) is 5.56 Å². The van der Waals surface area contributed by atoms with Crippen molar-refractivity contribution in [3.05, 3.63) is 35.9 Å². The van der Waals surface area contributed by atoms with Crippen LogP contribution >= 0.6 is 0 Å². The Morgan fingerprint density at radius 1 is 1.20 bits per heavy atom. The molecule has 4 nitrogen and oxygen atoms in total. The van der Waals surface area contributed by atoms with Crippen molar-refractivity contribution in [3.8, 4) is 0 Å². The molecule has 80 valence electrons. The quantitative estimate of drug-likeness (QED) is 0.491. The molecule has 15 heavy (non-hydrogen) atoms. The lowest BCUT2D eigenvalue weighted by Crippen LogP contribution is -2.25. The highest BCUT2D eigenvalue weighted by Crippen LogP contribution is 2.02. The van der Waals surface area contributed by atoms with Crippen LogP contribution in [0.15, 0.2) is 30.3 Å². The van der Waals surface area contributed by atoms with Crippen LogP contribution < -0.4 is 0 Å². The van der Waals surface area contributed by atoms with Gasteiger partial charge in [-0.1, -0.05) is 30.3 Å². The fraction of sp³-hybridized carbons (Fsp3) is 0.273. The molecule has 0 N–H and O–H groups in total. The number of rotatable bonds is 7. The van der Waals surface area contributed by atoms with E-state index in [0.717, 1.165) is 12.0 Å². The molecule has 0 saturated carbocycles. The lowest BCUT2D eigenvalue weighted by atomic mass is 10.2. The Morgan fingerprint density at radius 2 is 1.93 bits per heavy atom. The normalized spacial score (nSPS) is 9.33. The van der Waals surface area contributed by atoms with Crippen molar-refractivity contribution in [1.82, 2.24) is 4.90 Å². The molecule has 0 radical (unpaired) electrons. The van der Waals surface area contributed by atoms with Crippen molar-refractivity contribution >= 4 is 12.9 Å². The molecular weight excluding hydrogens is 194 g/mol. The maximum absolute atomic E-state index is 10.7. The second-order valence-corrected chi connectivity index (χ2v) is 3.03. The second kappa shape index (κ2) is 6.59. The van der Waals surface area contributed by atoms with Crippen LogP contribution in [0.25, 0.3) is 0 Å². The Bertz CT molecular complexity index is 300. The first-order valence-corrected chi connectivity index (χ1v) is 4.65. The minimum absolute atomic E-state index is 0.231. The van der Waals surface area contributed by atoms with Gasteiger partial charge in [-0.15, -0.1) is 0 Å². The van der Waals surface area contributed by atoms with Crippen molar-refractivity contribution in [2.24, 2.45) is 0 Å². The molecule has 0 aromatic heterocycles. The summed E-state index contributed by atoms with van der Waals surface area (Å²) >= 11 is 0. The molecule has 0 atom stereocenters. The van der Waals surface area contributed by atoms with Gasteiger partial charge < -0.3 is 9.64 Å². The minimum atomic E-state index is 0.231. The molecule has 0 aliphatic carbocycles. The molecule has 1 amide bonds. The smallest absolute Gasteiger partial charge is 0.293 e. The van der Waals surface area contributed by atoms with Gasteiger partial charge in [0.05, 0.1) is 6.54 Å². The van der Waals surface area contributed by atoms with E-state index in [2.05, 4.69) is 4.74 Å². The molecule has 4 heteroatoms. The van der Waals surface area contributed by atoms with Crippen LogP contribution in [0.2, 0.25) is 0 Å². The molecule has 0 heterocycles. The number of nitrogens with zero attached hydrogens (tertiary/aromatic N) is 1. The lowest BCUT2D eigenvalue weighted by Gasteiger charge is -2.16. The highest BCUT2D eigenvalue weighted by molar-refractivity contribution is 5.47. The van der Waals surface area contributed by atoms with Gasteiger partial charge in [-0.25, -0.2) is 0 Å². The van der Waals surface area contributed by atoms with E-state index < -0.39 is 0 Å². The monoisotopic (exact) mass is 207 g/mol. The van der Waals surface area contributed by atoms with Crippen LogP contribution in [-0.4, -0.2) is 30.9 Å². The summed E-state index contributed by atoms with van der Waals surface area (Å²) in [5.74, 6) is 0. The molecular formula is C11H13NO3. The van der Waals surface area contributed by atoms with Crippen LogP contribution in [-0.2, 0) is 20.9 Å². The standard InChI is InChI=1S/C11H13NO3/c13-9-12(6-7-15-10-14)8-11-4-2-1-3-5-11/h1-5,9-10H,6-8H2. The van der Waals surface area contributed by atoms with E-state index >= 15 is 0 Å². The van der Waals surface area contributed by atoms with E-state index in [9.17, 15) is 9.59 Å². The number of carbonyl (C=O) groups is 2. The third-order valence-corrected chi connectivity index (χ3v) is 1.94. The molecule has 1 rings (SSSR count). The van der Waals surface area contributed by atoms with Crippen molar-refractivity contribution in [1.29, 1.82) is 0 Å². The van der Waals surface area contributed by atoms with E-state index in [0.29, 0.717) is 19.6 Å². The average Bonchev–Trinajstić information content (AvgIpc) is 2.29. The van der Waals surface area contributed by atoms with Crippen molar-refractivity contribution < 1.29 is 14.3 Å². The fourth-order valence-corrected chi connectivity index (χ4v) is 1.21. The van der Waals surface area contributed by atoms with E-state index in [1.165, 1.54) is 0 Å². The summed E-state index contributed by atoms with van der Waals surface area (Å²) in [5, 5.41) is 0. The Balaban J connectivity index is 2.40. The molecule has 1 aromatic carbocycles. The minimum Gasteiger partial charge on any atom is -0.466 e. The Hall–Kier alpha value is -1.84. The number of ether oxygens (including phenoxy) is 1. The highest BCUT2D eigenvalue weighted by atomic mass is 16.5. The summed E-state index contributed by atoms with van der Waals surface area (Å²) in [4.78, 5) is 22.1. The van der Waals surface area contributed by atoms with Crippen molar-refractivity contribution in [3.63, 3.8) is 0 Å². The van der Waals surface area contributed by atoms with Gasteiger partial charge in [0.1, 0.15) is 6.61 Å². The topological polar surface area (TPSA) is 46.6 Å². The van der Waals surface area contributed by atoms with Gasteiger partial charge in [-0.2, -0.15) is 0 Å². The Labute approximate surface area is 88.5 Å². The first kappa shape index (κ1) is 11.2. The molecule has 0 aliphatic rings. The zero-order chi connectivity index (χ0) is 10.9. The predicted octanol–water partition coefficient (Wildman–Crippen LogP) is 0.818. The van der Waals surface area contributed by atoms with E-state index in [-0.39, 0.29) is 6.61 Å². The third kappa shape index (κ3) is 4.26. The molecule has 0 saturated heterocycles. The summed E-state index contributed by atoms with van der Waals surface area (Å²) in [6, 6.07) is 9.64. The van der Waals surface area contributed by atoms with Gasteiger partial charge in [0.25, 0.3) is 6.47 Å². The average molecular weight is 207 g/mol. The summed E-state index contributed by atoms with van der Waals surface area (Å²) in [7, 11) is 0. The second-order valence-electron chi connectivity index (χ2n) is 3.03. The first-order valence-electron chi connectivity index (χ1n) is 4.65. The van der Waals surface area contributed by atoms with Gasteiger partial charge in [0.15, 0.2) is 0 Å². The summed E-state index contributed by atoms with van der Waals surface area (Å²) < 4.78 is 4.52. The van der Waals surface area contributed by atoms with Crippen molar-refractivity contribution in [2.45, 2.75) is 6.54 Å². The summed E-state index contributed by atoms with van der Waals surface area (Å²) in [6.07, 6.45) is 0.751. The summed E-state index contributed by atoms with van der Waals surface area (Å²) in [6.45, 7) is 1.56. The predicted molar refractivity (Wildman–Crippen MR) is 54.9 cm³/mol. The maximum Gasteiger partial charge on any atom is 0.293 e. The number of hydrogen-bond donors (Lipinski definition) is 0. The van der Waals surface area contributed by atoms with E-state index in [4.69, 9.17) is 0 Å². The fourth-order valence-electron chi connectivity index (χ4n) is 1.21. The number of hydrogen-bond acceptors (Lipinski definition) is 3. The van der Waals surface area contributed by atoms with Crippen LogP contribution in [0, 0.1) is 0 Å². The number of benzene rings is 1. The summed E-state index contributed by atoms with van der Waals surface area (Å²) in [5.41, 5.74) is 1.05. The molecule has 0 aliphatic heterocycles. The number of amides is 1. The van der Waals surface area contributed by atoms with Gasteiger partial charge in [0.2, 0.25) is 6.41 Å². The zero-order valence-corrected chi connectivity index (χ0v) is 8.33. The van der Waals surface area contributed by atoms with Gasteiger partial charge in [0, 0.05) is 6.54 Å². The van der Waals surface area contributed by atoms with Crippen LogP contribution in [0.3, 0.4) is 0 Å². The molecule has 0 bridgehead atoms. The number of carbonyl (C=O) groups excluding carboxylic acids is 2. The van der Waals surface area contributed by atoms with Gasteiger partial charge in [-0.3, -0.25) is 9.59 Å². The largest absolute Gasteiger partial charge is 0.466 e. The molecule has 0 unspecified atom stereocenters. The third-order valence-electron chi connectivity index (χ3n) is 1.94. The van der Waals surface area contributed by atoms with Crippen molar-refractivity contribution in [2.75, 3.05) is 13.2 Å². The highest BCUT2D eigenvalue weighted by Gasteiger charge is 2.02. The van der Waals surface area contributed by atoms with E-state index in [1.807, 2.05) is 30.3 Å². The lowest BCUT2D eigenvalue weighted by molar-refractivity contribution is -0.130. The van der Waals surface area contributed by atoms with Crippen LogP contribution in [0.5, 0.6) is 0 Å². The SMILES string of the molecule is O=COCCN(C=O)Cc1ccccc1. The van der Waals surface area contributed by atoms with Crippen LogP contribution in [0.1, 0.15) is 5.56 Å². The van der Waals surface area contributed by atoms with Gasteiger partial charge >= 0.3 is 0 Å². The van der Waals surface area contributed by atoms with E-state index in [1.54, 1.807) is 4.90 Å². The molecule has 0 fully saturated rings. The Kier molecular flexibility index (Phi) is 4.94. The first-order chi connectivity index (χ1) is 7.36. The molecule has 1 aromatic rings. The zero-order valence-electron chi connectivity index (χ0n) is 8.33. The maximum atomic E-state index is 10.7. The van der Waals surface area contributed by atoms with Crippen LogP contribution in [0.4, 0.5) is 0 Å². The Morgan fingerprint density at radius 3 is 2.53 bits per heavy atom.